The van der Waals surface area contributed by atoms with Crippen LogP contribution in [-0.4, -0.2) is 5.78 Å². The Kier molecular flexibility index (Phi) is 3.50. The minimum absolute atomic E-state index is 0.106. The molecule has 0 radical (unpaired) electrons. The number of hydrogen-bond donors (Lipinski definition) is 1. The molecule has 0 saturated carbocycles. The standard InChI is InChI=1S/C15H14ClNO/c1-15(17,12-7-9-13(16)10-8-12)14(18)11-5-3-2-4-6-11/h2-10H,17H2,1H3. The molecule has 0 aromatic heterocycles. The summed E-state index contributed by atoms with van der Waals surface area (Å²) in [7, 11) is 0. The SMILES string of the molecule is CC(N)(C(=O)c1ccccc1)c1ccc(Cl)cc1. The topological polar surface area (TPSA) is 43.1 Å². The molecule has 0 saturated heterocycles. The monoisotopic (exact) mass is 259 g/mol. The molecule has 1 unspecified atom stereocenters. The van der Waals surface area contributed by atoms with Gasteiger partial charge in [-0.3, -0.25) is 4.79 Å². The van der Waals surface area contributed by atoms with Crippen LogP contribution in [0, 0.1) is 0 Å². The van der Waals surface area contributed by atoms with Gasteiger partial charge in [0.05, 0.1) is 0 Å². The number of Topliss-reactive ketones (excluding diaryl/α,β-unsaturated/α-hetero) is 1. The Morgan fingerprint density at radius 3 is 2.17 bits per heavy atom. The predicted octanol–water partition coefficient (Wildman–Crippen LogP) is 3.40. The molecule has 92 valence electrons. The summed E-state index contributed by atoms with van der Waals surface area (Å²) in [6, 6.07) is 16.1. The molecule has 2 nitrogen and oxygen atoms in total. The van der Waals surface area contributed by atoms with E-state index in [2.05, 4.69) is 0 Å². The highest BCUT2D eigenvalue weighted by Gasteiger charge is 2.31. The second-order valence-electron chi connectivity index (χ2n) is 4.40. The lowest BCUT2D eigenvalue weighted by molar-refractivity contribution is 0.0900. The summed E-state index contributed by atoms with van der Waals surface area (Å²) in [4.78, 5) is 12.4. The van der Waals surface area contributed by atoms with Crippen molar-refractivity contribution in [2.45, 2.75) is 12.5 Å². The molecule has 1 atom stereocenters. The minimum atomic E-state index is -1.05. The Hall–Kier alpha value is -1.64. The smallest absolute Gasteiger partial charge is 0.186 e. The average Bonchev–Trinajstić information content (AvgIpc) is 2.39. The van der Waals surface area contributed by atoms with E-state index in [0.29, 0.717) is 10.6 Å². The summed E-state index contributed by atoms with van der Waals surface area (Å²) in [6.07, 6.45) is 0. The van der Waals surface area contributed by atoms with E-state index in [-0.39, 0.29) is 5.78 Å². The number of ketones is 1. The zero-order chi connectivity index (χ0) is 13.2. The van der Waals surface area contributed by atoms with Crippen LogP contribution < -0.4 is 5.73 Å². The number of halogens is 1. The zero-order valence-corrected chi connectivity index (χ0v) is 10.8. The molecule has 0 bridgehead atoms. The summed E-state index contributed by atoms with van der Waals surface area (Å²) in [5, 5.41) is 0.627. The van der Waals surface area contributed by atoms with Gasteiger partial charge in [-0.25, -0.2) is 0 Å². The average molecular weight is 260 g/mol. The van der Waals surface area contributed by atoms with Gasteiger partial charge >= 0.3 is 0 Å². The molecule has 2 aromatic rings. The van der Waals surface area contributed by atoms with E-state index in [9.17, 15) is 4.79 Å². The van der Waals surface area contributed by atoms with E-state index in [4.69, 9.17) is 17.3 Å². The Balaban J connectivity index is 2.37. The molecule has 2 rings (SSSR count). The van der Waals surface area contributed by atoms with Crippen molar-refractivity contribution in [3.63, 3.8) is 0 Å². The number of benzene rings is 2. The van der Waals surface area contributed by atoms with Crippen molar-refractivity contribution in [2.75, 3.05) is 0 Å². The fourth-order valence-corrected chi connectivity index (χ4v) is 1.94. The van der Waals surface area contributed by atoms with Crippen molar-refractivity contribution in [3.05, 3.63) is 70.7 Å². The van der Waals surface area contributed by atoms with Crippen molar-refractivity contribution in [1.29, 1.82) is 0 Å². The summed E-state index contributed by atoms with van der Waals surface area (Å²) in [5.41, 5.74) is 6.48. The lowest BCUT2D eigenvalue weighted by atomic mass is 9.85. The van der Waals surface area contributed by atoms with E-state index in [1.54, 1.807) is 43.3 Å². The van der Waals surface area contributed by atoms with Gasteiger partial charge in [0.25, 0.3) is 0 Å². The van der Waals surface area contributed by atoms with Crippen LogP contribution in [0.25, 0.3) is 0 Å². The molecule has 0 heterocycles. The Morgan fingerprint density at radius 1 is 1.06 bits per heavy atom. The number of nitrogens with two attached hydrogens (primary N) is 1. The molecule has 0 aliphatic heterocycles. The van der Waals surface area contributed by atoms with E-state index >= 15 is 0 Å². The van der Waals surface area contributed by atoms with Gasteiger partial charge in [-0.1, -0.05) is 54.1 Å². The summed E-state index contributed by atoms with van der Waals surface area (Å²) < 4.78 is 0. The maximum Gasteiger partial charge on any atom is 0.186 e. The largest absolute Gasteiger partial charge is 0.315 e. The first-order valence-electron chi connectivity index (χ1n) is 5.66. The Morgan fingerprint density at radius 2 is 1.61 bits per heavy atom. The molecule has 0 amide bonds. The first-order valence-corrected chi connectivity index (χ1v) is 6.04. The van der Waals surface area contributed by atoms with Gasteiger partial charge in [0.1, 0.15) is 5.54 Å². The molecule has 0 spiro atoms. The van der Waals surface area contributed by atoms with Gasteiger partial charge in [-0.15, -0.1) is 0 Å². The Labute approximate surface area is 111 Å². The summed E-state index contributed by atoms with van der Waals surface area (Å²) in [6.45, 7) is 1.71. The number of carbonyl (C=O) groups is 1. The molecular weight excluding hydrogens is 246 g/mol. The van der Waals surface area contributed by atoms with Crippen LogP contribution in [-0.2, 0) is 5.54 Å². The quantitative estimate of drug-likeness (QED) is 0.859. The van der Waals surface area contributed by atoms with Crippen molar-refractivity contribution < 1.29 is 4.79 Å². The molecule has 0 aliphatic carbocycles. The van der Waals surface area contributed by atoms with Crippen LogP contribution in [0.2, 0.25) is 5.02 Å². The molecule has 18 heavy (non-hydrogen) atoms. The minimum Gasteiger partial charge on any atom is -0.315 e. The van der Waals surface area contributed by atoms with Crippen LogP contribution in [0.15, 0.2) is 54.6 Å². The fourth-order valence-electron chi connectivity index (χ4n) is 1.82. The van der Waals surface area contributed by atoms with Gasteiger partial charge in [-0.05, 0) is 24.6 Å². The van der Waals surface area contributed by atoms with E-state index < -0.39 is 5.54 Å². The van der Waals surface area contributed by atoms with Crippen molar-refractivity contribution in [1.82, 2.24) is 0 Å². The van der Waals surface area contributed by atoms with Gasteiger partial charge in [0.15, 0.2) is 5.78 Å². The van der Waals surface area contributed by atoms with Crippen molar-refractivity contribution in [2.24, 2.45) is 5.73 Å². The maximum atomic E-state index is 12.4. The second kappa shape index (κ2) is 4.92. The summed E-state index contributed by atoms with van der Waals surface area (Å²) in [5.74, 6) is -0.106. The van der Waals surface area contributed by atoms with Gasteiger partial charge in [0, 0.05) is 10.6 Å². The second-order valence-corrected chi connectivity index (χ2v) is 4.84. The van der Waals surface area contributed by atoms with Crippen molar-refractivity contribution >= 4 is 17.4 Å². The lowest BCUT2D eigenvalue weighted by Crippen LogP contribution is -2.41. The molecular formula is C15H14ClNO. The van der Waals surface area contributed by atoms with E-state index in [1.165, 1.54) is 0 Å². The van der Waals surface area contributed by atoms with Crippen LogP contribution >= 0.6 is 11.6 Å². The van der Waals surface area contributed by atoms with Crippen LogP contribution in [0.4, 0.5) is 0 Å². The Bertz CT molecular complexity index is 546. The molecule has 2 aromatic carbocycles. The van der Waals surface area contributed by atoms with Crippen LogP contribution in [0.3, 0.4) is 0 Å². The highest BCUT2D eigenvalue weighted by Crippen LogP contribution is 2.24. The van der Waals surface area contributed by atoms with Crippen LogP contribution in [0.1, 0.15) is 22.8 Å². The normalized spacial score (nSPS) is 13.9. The third-order valence-corrected chi connectivity index (χ3v) is 3.20. The predicted molar refractivity (Wildman–Crippen MR) is 73.8 cm³/mol. The lowest BCUT2D eigenvalue weighted by Gasteiger charge is -2.23. The number of carbonyl (C=O) groups excluding carboxylic acids is 1. The van der Waals surface area contributed by atoms with Crippen LogP contribution in [0.5, 0.6) is 0 Å². The summed E-state index contributed by atoms with van der Waals surface area (Å²) >= 11 is 5.83. The third-order valence-electron chi connectivity index (χ3n) is 2.95. The van der Waals surface area contributed by atoms with E-state index in [0.717, 1.165) is 5.56 Å². The van der Waals surface area contributed by atoms with Gasteiger partial charge in [0.2, 0.25) is 0 Å². The third kappa shape index (κ3) is 2.45. The zero-order valence-electron chi connectivity index (χ0n) is 10.1. The number of hydrogen-bond acceptors (Lipinski definition) is 2. The fraction of sp³-hybridized carbons (Fsp3) is 0.133. The van der Waals surface area contributed by atoms with Gasteiger partial charge in [-0.2, -0.15) is 0 Å². The number of rotatable bonds is 3. The highest BCUT2D eigenvalue weighted by atomic mass is 35.5. The highest BCUT2D eigenvalue weighted by molar-refractivity contribution is 6.30. The van der Waals surface area contributed by atoms with E-state index in [1.807, 2.05) is 18.2 Å². The maximum absolute atomic E-state index is 12.4. The molecule has 0 aliphatic rings. The first kappa shape index (κ1) is 12.8. The molecule has 2 N–H and O–H groups in total. The molecule has 0 fully saturated rings. The molecule has 3 heteroatoms. The first-order chi connectivity index (χ1) is 8.51. The van der Waals surface area contributed by atoms with Gasteiger partial charge < -0.3 is 5.73 Å². The van der Waals surface area contributed by atoms with Crippen molar-refractivity contribution in [3.8, 4) is 0 Å².